The van der Waals surface area contributed by atoms with Crippen molar-refractivity contribution in [1.82, 2.24) is 5.32 Å². The van der Waals surface area contributed by atoms with E-state index in [1.807, 2.05) is 24.3 Å². The van der Waals surface area contributed by atoms with Crippen LogP contribution >= 0.6 is 11.8 Å². The van der Waals surface area contributed by atoms with Gasteiger partial charge in [-0.2, -0.15) is 0 Å². The number of para-hydroxylation sites is 1. The Bertz CT molecular complexity index is 884. The third-order valence-electron chi connectivity index (χ3n) is 4.39. The number of nitrogens with one attached hydrogen (secondary N) is 1. The van der Waals surface area contributed by atoms with Crippen LogP contribution in [0.1, 0.15) is 22.8 Å². The largest absolute Gasteiger partial charge is 0.480 e. The van der Waals surface area contributed by atoms with Gasteiger partial charge in [0.25, 0.3) is 5.91 Å². The first-order valence-corrected chi connectivity index (χ1v) is 9.59. The van der Waals surface area contributed by atoms with Crippen LogP contribution in [0, 0.1) is 0 Å². The fourth-order valence-electron chi connectivity index (χ4n) is 2.93. The number of nitrogens with zero attached hydrogens (tertiary/aromatic N) is 1. The molecule has 1 heterocycles. The molecule has 0 radical (unpaired) electrons. The Morgan fingerprint density at radius 1 is 1.15 bits per heavy atom. The summed E-state index contributed by atoms with van der Waals surface area (Å²) in [6.07, 6.45) is 0.846. The van der Waals surface area contributed by atoms with Crippen molar-refractivity contribution < 1.29 is 19.5 Å². The Morgan fingerprint density at radius 2 is 1.85 bits per heavy atom. The Kier molecular flexibility index (Phi) is 5.81. The van der Waals surface area contributed by atoms with Crippen LogP contribution in [-0.4, -0.2) is 41.2 Å². The number of anilines is 1. The number of amides is 2. The summed E-state index contributed by atoms with van der Waals surface area (Å²) in [6.45, 7) is 2.07. The summed E-state index contributed by atoms with van der Waals surface area (Å²) in [7, 11) is 0. The molecule has 1 unspecified atom stereocenters. The number of carboxylic acids is 1. The summed E-state index contributed by atoms with van der Waals surface area (Å²) in [4.78, 5) is 38.4. The molecule has 0 spiro atoms. The quantitative estimate of drug-likeness (QED) is 0.748. The van der Waals surface area contributed by atoms with Gasteiger partial charge < -0.3 is 15.3 Å². The lowest BCUT2D eigenvalue weighted by Gasteiger charge is -2.17. The Morgan fingerprint density at radius 3 is 2.63 bits per heavy atom. The molecular formula is C20H20N2O4S. The Balaban J connectivity index is 1.67. The maximum atomic E-state index is 12.7. The molecule has 0 saturated heterocycles. The number of carboxylic acid groups (broad SMARTS) is 1. The summed E-state index contributed by atoms with van der Waals surface area (Å²) in [5, 5.41) is 11.4. The van der Waals surface area contributed by atoms with E-state index in [2.05, 4.69) is 5.32 Å². The monoisotopic (exact) mass is 384 g/mol. The minimum absolute atomic E-state index is 0.0148. The molecule has 27 heavy (non-hydrogen) atoms. The molecule has 7 heteroatoms. The van der Waals surface area contributed by atoms with E-state index in [9.17, 15) is 14.4 Å². The van der Waals surface area contributed by atoms with Crippen molar-refractivity contribution in [3.63, 3.8) is 0 Å². The Labute approximate surface area is 161 Å². The molecule has 140 valence electrons. The number of carbonyl (C=O) groups is 3. The normalized spacial score (nSPS) is 13.7. The van der Waals surface area contributed by atoms with E-state index in [-0.39, 0.29) is 11.7 Å². The minimum Gasteiger partial charge on any atom is -0.480 e. The lowest BCUT2D eigenvalue weighted by atomic mass is 10.2. The maximum Gasteiger partial charge on any atom is 0.325 e. The second-order valence-electron chi connectivity index (χ2n) is 6.24. The molecule has 1 atom stereocenters. The van der Waals surface area contributed by atoms with Gasteiger partial charge in [-0.15, -0.1) is 11.8 Å². The van der Waals surface area contributed by atoms with Crippen LogP contribution in [-0.2, 0) is 16.0 Å². The number of hydrogen-bond donors (Lipinski definition) is 2. The van der Waals surface area contributed by atoms with Crippen LogP contribution in [0.4, 0.5) is 5.69 Å². The van der Waals surface area contributed by atoms with Gasteiger partial charge in [-0.1, -0.05) is 30.3 Å². The zero-order chi connectivity index (χ0) is 19.4. The third kappa shape index (κ3) is 4.31. The van der Waals surface area contributed by atoms with Gasteiger partial charge >= 0.3 is 5.97 Å². The van der Waals surface area contributed by atoms with Crippen molar-refractivity contribution in [2.45, 2.75) is 24.3 Å². The summed E-state index contributed by atoms with van der Waals surface area (Å²) < 4.78 is 0. The molecule has 2 amide bonds. The average Bonchev–Trinajstić information content (AvgIpc) is 3.10. The molecule has 1 aliphatic heterocycles. The van der Waals surface area contributed by atoms with Crippen molar-refractivity contribution in [1.29, 1.82) is 0 Å². The smallest absolute Gasteiger partial charge is 0.325 e. The highest BCUT2D eigenvalue weighted by atomic mass is 32.2. The van der Waals surface area contributed by atoms with Gasteiger partial charge in [-0.3, -0.25) is 14.4 Å². The molecule has 2 N–H and O–H groups in total. The van der Waals surface area contributed by atoms with E-state index in [0.29, 0.717) is 17.0 Å². The van der Waals surface area contributed by atoms with E-state index in [0.717, 1.165) is 12.1 Å². The van der Waals surface area contributed by atoms with E-state index in [1.165, 1.54) is 24.2 Å². The number of benzene rings is 2. The van der Waals surface area contributed by atoms with Gasteiger partial charge in [0.05, 0.1) is 11.3 Å². The lowest BCUT2D eigenvalue weighted by molar-refractivity contribution is -0.138. The van der Waals surface area contributed by atoms with Gasteiger partial charge in [-0.05, 0) is 37.1 Å². The van der Waals surface area contributed by atoms with Gasteiger partial charge in [0, 0.05) is 17.1 Å². The van der Waals surface area contributed by atoms with Gasteiger partial charge in [0.1, 0.15) is 6.04 Å². The number of thioether (sulfide) groups is 1. The molecule has 0 bridgehead atoms. The zero-order valence-electron chi connectivity index (χ0n) is 14.8. The molecular weight excluding hydrogens is 364 g/mol. The maximum absolute atomic E-state index is 12.7. The van der Waals surface area contributed by atoms with Crippen LogP contribution in [0.5, 0.6) is 0 Å². The molecule has 3 rings (SSSR count). The number of rotatable bonds is 6. The summed E-state index contributed by atoms with van der Waals surface area (Å²) in [6, 6.07) is 13.8. The predicted octanol–water partition coefficient (Wildman–Crippen LogP) is 2.57. The van der Waals surface area contributed by atoms with Gasteiger partial charge in [0.15, 0.2) is 0 Å². The first-order chi connectivity index (χ1) is 13.0. The average molecular weight is 384 g/mol. The molecule has 0 saturated carbocycles. The van der Waals surface area contributed by atoms with Crippen LogP contribution < -0.4 is 10.2 Å². The topological polar surface area (TPSA) is 86.7 Å². The SMILES string of the molecule is CC(NC(=O)c1ccccc1SCC(=O)N1CCc2ccccc21)C(=O)O. The van der Waals surface area contributed by atoms with Crippen LogP contribution in [0.2, 0.25) is 0 Å². The number of fused-ring (bicyclic) bond motifs is 1. The summed E-state index contributed by atoms with van der Waals surface area (Å²) >= 11 is 1.28. The van der Waals surface area contributed by atoms with E-state index >= 15 is 0 Å². The predicted molar refractivity (Wildman–Crippen MR) is 104 cm³/mol. The minimum atomic E-state index is -1.10. The van der Waals surface area contributed by atoms with Crippen molar-refractivity contribution >= 4 is 35.2 Å². The second-order valence-corrected chi connectivity index (χ2v) is 7.26. The summed E-state index contributed by atoms with van der Waals surface area (Å²) in [5.74, 6) is -1.38. The van der Waals surface area contributed by atoms with Crippen molar-refractivity contribution in [3.05, 3.63) is 59.7 Å². The van der Waals surface area contributed by atoms with Gasteiger partial charge in [-0.25, -0.2) is 0 Å². The van der Waals surface area contributed by atoms with Crippen molar-refractivity contribution in [2.24, 2.45) is 0 Å². The lowest BCUT2D eigenvalue weighted by Crippen LogP contribution is -2.38. The first-order valence-electron chi connectivity index (χ1n) is 8.61. The fourth-order valence-corrected chi connectivity index (χ4v) is 3.86. The number of carbonyl (C=O) groups excluding carboxylic acids is 2. The third-order valence-corrected chi connectivity index (χ3v) is 5.45. The van der Waals surface area contributed by atoms with E-state index in [4.69, 9.17) is 5.11 Å². The first kappa shape index (κ1) is 19.0. The highest BCUT2D eigenvalue weighted by Crippen LogP contribution is 2.29. The van der Waals surface area contributed by atoms with Crippen LogP contribution in [0.3, 0.4) is 0 Å². The van der Waals surface area contributed by atoms with E-state index in [1.54, 1.807) is 29.2 Å². The van der Waals surface area contributed by atoms with Crippen LogP contribution in [0.25, 0.3) is 0 Å². The molecule has 2 aromatic carbocycles. The van der Waals surface area contributed by atoms with Crippen molar-refractivity contribution in [3.8, 4) is 0 Å². The molecule has 1 aliphatic rings. The molecule has 0 aromatic heterocycles. The molecule has 0 aliphatic carbocycles. The fraction of sp³-hybridized carbons (Fsp3) is 0.250. The number of hydrogen-bond acceptors (Lipinski definition) is 4. The number of aliphatic carboxylic acids is 1. The zero-order valence-corrected chi connectivity index (χ0v) is 15.7. The van der Waals surface area contributed by atoms with Crippen LogP contribution in [0.15, 0.2) is 53.4 Å². The highest BCUT2D eigenvalue weighted by Gasteiger charge is 2.24. The standard InChI is InChI=1S/C20H20N2O4S/c1-13(20(25)26)21-19(24)15-7-3-5-9-17(15)27-12-18(23)22-11-10-14-6-2-4-8-16(14)22/h2-9,13H,10-12H2,1H3,(H,21,24)(H,25,26). The highest BCUT2D eigenvalue weighted by molar-refractivity contribution is 8.00. The second kappa shape index (κ2) is 8.26. The van der Waals surface area contributed by atoms with E-state index < -0.39 is 17.9 Å². The van der Waals surface area contributed by atoms with Crippen molar-refractivity contribution in [2.75, 3.05) is 17.2 Å². The molecule has 2 aromatic rings. The molecule has 0 fully saturated rings. The van der Waals surface area contributed by atoms with Gasteiger partial charge in [0.2, 0.25) is 5.91 Å². The Hall–Kier alpha value is -2.80. The summed E-state index contributed by atoms with van der Waals surface area (Å²) in [5.41, 5.74) is 2.48. The molecule has 6 nitrogen and oxygen atoms in total.